The Kier molecular flexibility index (Phi) is 4.68. The van der Waals surface area contributed by atoms with Gasteiger partial charge in [0.2, 0.25) is 6.29 Å². The molecule has 0 spiro atoms. The number of nitro groups is 1. The molecule has 1 saturated heterocycles. The lowest BCUT2D eigenvalue weighted by atomic mass is 10.00. The third kappa shape index (κ3) is 3.27. The predicted molar refractivity (Wildman–Crippen MR) is 68.3 cm³/mol. The first-order chi connectivity index (χ1) is 9.93. The van der Waals surface area contributed by atoms with Gasteiger partial charge in [-0.25, -0.2) is 4.39 Å². The molecule has 5 atom stereocenters. The lowest BCUT2D eigenvalue weighted by molar-refractivity contribution is -0.384. The molecule has 1 aliphatic heterocycles. The molecule has 0 saturated carbocycles. The van der Waals surface area contributed by atoms with Crippen LogP contribution in [0.4, 0.5) is 10.1 Å². The number of ether oxygens (including phenoxy) is 2. The van der Waals surface area contributed by atoms with E-state index in [1.54, 1.807) is 0 Å². The van der Waals surface area contributed by atoms with Crippen molar-refractivity contribution in [2.45, 2.75) is 30.8 Å². The van der Waals surface area contributed by atoms with E-state index in [2.05, 4.69) is 0 Å². The van der Waals surface area contributed by atoms with Crippen LogP contribution in [0.5, 0.6) is 5.75 Å². The van der Waals surface area contributed by atoms with E-state index in [9.17, 15) is 24.7 Å². The van der Waals surface area contributed by atoms with Crippen LogP contribution in [-0.4, -0.2) is 52.5 Å². The van der Waals surface area contributed by atoms with E-state index in [0.29, 0.717) is 0 Å². The SMILES string of the molecule is NCC1OC(Oc2ccc([N+](=O)[O-])cc2)C(F)C(O)C1O. The minimum atomic E-state index is -1.97. The molecule has 0 aromatic heterocycles. The second kappa shape index (κ2) is 6.31. The highest BCUT2D eigenvalue weighted by atomic mass is 19.1. The number of hydrogen-bond donors (Lipinski definition) is 3. The standard InChI is InChI=1S/C12H15FN2O6/c13-9-11(17)10(16)8(5-14)21-12(9)20-7-3-1-6(2-4-7)15(18)19/h1-4,8-12,16-17H,5,14H2. The number of halogens is 1. The third-order valence-corrected chi connectivity index (χ3v) is 3.16. The van der Waals surface area contributed by atoms with Crippen molar-refractivity contribution >= 4 is 5.69 Å². The van der Waals surface area contributed by atoms with Crippen molar-refractivity contribution in [2.75, 3.05) is 6.54 Å². The molecule has 0 bridgehead atoms. The number of nitrogens with two attached hydrogens (primary N) is 1. The van der Waals surface area contributed by atoms with Gasteiger partial charge in [0.05, 0.1) is 4.92 Å². The number of alkyl halides is 1. The molecule has 0 amide bonds. The maximum absolute atomic E-state index is 13.9. The van der Waals surface area contributed by atoms with E-state index < -0.39 is 35.7 Å². The van der Waals surface area contributed by atoms with Crippen LogP contribution in [0.15, 0.2) is 24.3 Å². The van der Waals surface area contributed by atoms with Crippen LogP contribution in [-0.2, 0) is 4.74 Å². The molecule has 1 fully saturated rings. The lowest BCUT2D eigenvalue weighted by Gasteiger charge is -2.38. The first-order valence-corrected chi connectivity index (χ1v) is 6.21. The summed E-state index contributed by atoms with van der Waals surface area (Å²) in [6.07, 6.45) is -7.52. The normalized spacial score (nSPS) is 32.7. The Balaban J connectivity index is 2.08. The van der Waals surface area contributed by atoms with Crippen LogP contribution in [0.2, 0.25) is 0 Å². The van der Waals surface area contributed by atoms with Gasteiger partial charge in [-0.3, -0.25) is 10.1 Å². The molecule has 1 heterocycles. The second-order valence-corrected chi connectivity index (χ2v) is 4.57. The van der Waals surface area contributed by atoms with Crippen molar-refractivity contribution in [1.82, 2.24) is 0 Å². The van der Waals surface area contributed by atoms with Gasteiger partial charge in [0.1, 0.15) is 24.1 Å². The fraction of sp³-hybridized carbons (Fsp3) is 0.500. The first kappa shape index (κ1) is 15.6. The molecule has 8 nitrogen and oxygen atoms in total. The fourth-order valence-corrected chi connectivity index (χ4v) is 1.97. The summed E-state index contributed by atoms with van der Waals surface area (Å²) in [7, 11) is 0. The number of nitro benzene ring substituents is 1. The molecular formula is C12H15FN2O6. The van der Waals surface area contributed by atoms with Crippen molar-refractivity contribution in [2.24, 2.45) is 5.73 Å². The minimum Gasteiger partial charge on any atom is -0.462 e. The quantitative estimate of drug-likeness (QED) is 0.515. The molecule has 1 aliphatic rings. The number of aliphatic hydroxyl groups is 2. The minimum absolute atomic E-state index is 0.120. The van der Waals surface area contributed by atoms with E-state index in [4.69, 9.17) is 15.2 Å². The highest BCUT2D eigenvalue weighted by Crippen LogP contribution is 2.26. The molecule has 5 unspecified atom stereocenters. The highest BCUT2D eigenvalue weighted by Gasteiger charge is 2.45. The molecule has 9 heteroatoms. The lowest BCUT2D eigenvalue weighted by Crippen LogP contribution is -2.59. The van der Waals surface area contributed by atoms with Gasteiger partial charge < -0.3 is 25.4 Å². The van der Waals surface area contributed by atoms with Crippen LogP contribution < -0.4 is 10.5 Å². The van der Waals surface area contributed by atoms with E-state index in [0.717, 1.165) is 0 Å². The van der Waals surface area contributed by atoms with Gasteiger partial charge in [0.15, 0.2) is 6.17 Å². The molecular weight excluding hydrogens is 287 g/mol. The smallest absolute Gasteiger partial charge is 0.269 e. The van der Waals surface area contributed by atoms with Crippen LogP contribution in [0.1, 0.15) is 0 Å². The zero-order valence-corrected chi connectivity index (χ0v) is 10.8. The number of non-ortho nitro benzene ring substituents is 1. The fourth-order valence-electron chi connectivity index (χ4n) is 1.97. The van der Waals surface area contributed by atoms with Crippen molar-refractivity contribution < 1.29 is 29.0 Å². The van der Waals surface area contributed by atoms with Crippen molar-refractivity contribution in [1.29, 1.82) is 0 Å². The van der Waals surface area contributed by atoms with Crippen LogP contribution in [0.25, 0.3) is 0 Å². The summed E-state index contributed by atoms with van der Waals surface area (Å²) in [4.78, 5) is 9.94. The zero-order chi connectivity index (χ0) is 15.6. The van der Waals surface area contributed by atoms with Gasteiger partial charge in [-0.2, -0.15) is 0 Å². The average Bonchev–Trinajstić information content (AvgIpc) is 2.48. The van der Waals surface area contributed by atoms with E-state index in [1.807, 2.05) is 0 Å². The predicted octanol–water partition coefficient (Wildman–Crippen LogP) is -0.283. The summed E-state index contributed by atoms with van der Waals surface area (Å²) in [5.41, 5.74) is 5.22. The van der Waals surface area contributed by atoms with Gasteiger partial charge in [-0.1, -0.05) is 0 Å². The largest absolute Gasteiger partial charge is 0.462 e. The number of aliphatic hydroxyl groups excluding tert-OH is 2. The Morgan fingerprint density at radius 2 is 1.95 bits per heavy atom. The summed E-state index contributed by atoms with van der Waals surface area (Å²) < 4.78 is 24.2. The monoisotopic (exact) mass is 302 g/mol. The van der Waals surface area contributed by atoms with Crippen LogP contribution >= 0.6 is 0 Å². The van der Waals surface area contributed by atoms with Gasteiger partial charge in [-0.05, 0) is 12.1 Å². The number of hydrogen-bond acceptors (Lipinski definition) is 7. The van der Waals surface area contributed by atoms with Crippen LogP contribution in [0, 0.1) is 10.1 Å². The van der Waals surface area contributed by atoms with E-state index >= 15 is 0 Å². The Morgan fingerprint density at radius 1 is 1.33 bits per heavy atom. The van der Waals surface area contributed by atoms with Gasteiger partial charge in [-0.15, -0.1) is 0 Å². The summed E-state index contributed by atoms with van der Waals surface area (Å²) in [6, 6.07) is 4.94. The molecule has 1 aromatic rings. The molecule has 4 N–H and O–H groups in total. The topological polar surface area (TPSA) is 128 Å². The van der Waals surface area contributed by atoms with E-state index in [-0.39, 0.29) is 18.0 Å². The highest BCUT2D eigenvalue weighted by molar-refractivity contribution is 5.36. The molecule has 21 heavy (non-hydrogen) atoms. The van der Waals surface area contributed by atoms with Gasteiger partial charge in [0.25, 0.3) is 5.69 Å². The summed E-state index contributed by atoms with van der Waals surface area (Å²) >= 11 is 0. The van der Waals surface area contributed by atoms with Crippen LogP contribution in [0.3, 0.4) is 0 Å². The number of benzene rings is 1. The Morgan fingerprint density at radius 3 is 2.48 bits per heavy atom. The maximum atomic E-state index is 13.9. The van der Waals surface area contributed by atoms with E-state index in [1.165, 1.54) is 24.3 Å². The third-order valence-electron chi connectivity index (χ3n) is 3.16. The Hall–Kier alpha value is -1.81. The number of nitrogens with zero attached hydrogens (tertiary/aromatic N) is 1. The molecule has 1 aromatic carbocycles. The van der Waals surface area contributed by atoms with Gasteiger partial charge in [0, 0.05) is 18.7 Å². The Labute approximate surface area is 119 Å². The molecule has 0 radical (unpaired) electrons. The Bertz CT molecular complexity index is 497. The summed E-state index contributed by atoms with van der Waals surface area (Å²) in [6.45, 7) is -0.120. The summed E-state index contributed by atoms with van der Waals surface area (Å²) in [5, 5.41) is 29.7. The van der Waals surface area contributed by atoms with Crippen molar-refractivity contribution in [3.8, 4) is 5.75 Å². The molecule has 0 aliphatic carbocycles. The van der Waals surface area contributed by atoms with Crippen molar-refractivity contribution in [3.05, 3.63) is 34.4 Å². The second-order valence-electron chi connectivity index (χ2n) is 4.57. The van der Waals surface area contributed by atoms with Crippen molar-refractivity contribution in [3.63, 3.8) is 0 Å². The zero-order valence-electron chi connectivity index (χ0n) is 10.8. The summed E-state index contributed by atoms with van der Waals surface area (Å²) in [5.74, 6) is 0.132. The molecule has 116 valence electrons. The first-order valence-electron chi connectivity index (χ1n) is 6.21. The van der Waals surface area contributed by atoms with Gasteiger partial charge >= 0.3 is 0 Å². The number of rotatable bonds is 4. The maximum Gasteiger partial charge on any atom is 0.269 e. The average molecular weight is 302 g/mol. The molecule has 2 rings (SSSR count).